The molecule has 0 aliphatic carbocycles. The van der Waals surface area contributed by atoms with Crippen molar-refractivity contribution in [1.82, 2.24) is 4.98 Å². The summed E-state index contributed by atoms with van der Waals surface area (Å²) in [5.41, 5.74) is 2.22. The lowest BCUT2D eigenvalue weighted by Crippen LogP contribution is -1.89. The third kappa shape index (κ3) is 3.29. The van der Waals surface area contributed by atoms with Crippen LogP contribution in [0, 0.1) is 13.8 Å². The molecule has 0 atom stereocenters. The highest BCUT2D eigenvalue weighted by atomic mass is 32.2. The topological polar surface area (TPSA) is 63.3 Å². The van der Waals surface area contributed by atoms with Gasteiger partial charge in [-0.3, -0.25) is 4.79 Å². The number of aromatic nitrogens is 1. The van der Waals surface area contributed by atoms with Crippen molar-refractivity contribution < 1.29 is 14.3 Å². The van der Waals surface area contributed by atoms with E-state index in [1.165, 1.54) is 6.20 Å². The Bertz CT molecular complexity index is 833. The second kappa shape index (κ2) is 6.30. The molecule has 3 aromatic rings. The first-order valence-electron chi connectivity index (χ1n) is 7.08. The van der Waals surface area contributed by atoms with Crippen LogP contribution in [0.1, 0.15) is 21.7 Å². The molecule has 4 nitrogen and oxygen atoms in total. The first kappa shape index (κ1) is 15.4. The molecule has 0 radical (unpaired) electrons. The molecule has 1 heterocycles. The summed E-state index contributed by atoms with van der Waals surface area (Å²) in [6.07, 6.45) is 1.44. The molecule has 2 aromatic carbocycles. The molecule has 1 aromatic heterocycles. The lowest BCUT2D eigenvalue weighted by atomic mass is 10.1. The van der Waals surface area contributed by atoms with Gasteiger partial charge < -0.3 is 9.52 Å². The number of rotatable bonds is 3. The zero-order chi connectivity index (χ0) is 16.4. The number of carbonyl (C=O) groups excluding carboxylic acids is 1. The van der Waals surface area contributed by atoms with Crippen LogP contribution in [0.4, 0.5) is 0 Å². The SMILES string of the molecule is Cc1cc(-c2ncc(C(=O)Sc3ccccc3)o2)cc(C)c1O. The second-order valence-corrected chi connectivity index (χ2v) is 6.24. The smallest absolute Gasteiger partial charge is 0.261 e. The number of aryl methyl sites for hydroxylation is 2. The van der Waals surface area contributed by atoms with Crippen molar-refractivity contribution in [2.75, 3.05) is 0 Å². The van der Waals surface area contributed by atoms with Gasteiger partial charge in [0.15, 0.2) is 0 Å². The van der Waals surface area contributed by atoms with Gasteiger partial charge in [0, 0.05) is 10.5 Å². The Kier molecular flexibility index (Phi) is 4.21. The minimum Gasteiger partial charge on any atom is -0.507 e. The van der Waals surface area contributed by atoms with Gasteiger partial charge in [-0.1, -0.05) is 18.2 Å². The molecule has 0 unspecified atom stereocenters. The van der Waals surface area contributed by atoms with E-state index in [-0.39, 0.29) is 16.6 Å². The molecular weight excluding hydrogens is 310 g/mol. The standard InChI is InChI=1S/C18H15NO3S/c1-11-8-13(9-12(2)16(11)20)17-19-10-15(22-17)18(21)23-14-6-4-3-5-7-14/h3-10,20H,1-2H3. The largest absolute Gasteiger partial charge is 0.507 e. The number of phenols is 1. The number of hydrogen-bond donors (Lipinski definition) is 1. The quantitative estimate of drug-likeness (QED) is 0.713. The average molecular weight is 325 g/mol. The number of hydrogen-bond acceptors (Lipinski definition) is 5. The van der Waals surface area contributed by atoms with Crippen LogP contribution < -0.4 is 0 Å². The van der Waals surface area contributed by atoms with Crippen molar-refractivity contribution in [3.8, 4) is 17.2 Å². The highest BCUT2D eigenvalue weighted by Crippen LogP contribution is 2.30. The number of nitrogens with zero attached hydrogens (tertiary/aromatic N) is 1. The van der Waals surface area contributed by atoms with Crippen LogP contribution >= 0.6 is 11.8 Å². The third-order valence-corrected chi connectivity index (χ3v) is 4.29. The lowest BCUT2D eigenvalue weighted by Gasteiger charge is -2.05. The van der Waals surface area contributed by atoms with E-state index < -0.39 is 0 Å². The predicted molar refractivity (Wildman–Crippen MR) is 89.7 cm³/mol. The van der Waals surface area contributed by atoms with E-state index in [9.17, 15) is 9.90 Å². The van der Waals surface area contributed by atoms with E-state index >= 15 is 0 Å². The fourth-order valence-corrected chi connectivity index (χ4v) is 2.93. The van der Waals surface area contributed by atoms with E-state index in [4.69, 9.17) is 4.42 Å². The molecule has 0 aliphatic heterocycles. The summed E-state index contributed by atoms with van der Waals surface area (Å²) in [5, 5.41) is 9.63. The second-order valence-electron chi connectivity index (χ2n) is 5.19. The van der Waals surface area contributed by atoms with Crippen molar-refractivity contribution in [2.45, 2.75) is 18.7 Å². The zero-order valence-electron chi connectivity index (χ0n) is 12.7. The molecule has 23 heavy (non-hydrogen) atoms. The Morgan fingerprint density at radius 3 is 2.43 bits per heavy atom. The maximum atomic E-state index is 12.2. The van der Waals surface area contributed by atoms with Crippen LogP contribution in [0.2, 0.25) is 0 Å². The van der Waals surface area contributed by atoms with E-state index in [2.05, 4.69) is 4.98 Å². The van der Waals surface area contributed by atoms with E-state index in [1.807, 2.05) is 44.2 Å². The van der Waals surface area contributed by atoms with E-state index in [0.29, 0.717) is 5.89 Å². The van der Waals surface area contributed by atoms with Gasteiger partial charge in [-0.2, -0.15) is 0 Å². The first-order valence-corrected chi connectivity index (χ1v) is 7.90. The number of benzene rings is 2. The minimum atomic E-state index is -0.192. The van der Waals surface area contributed by atoms with Gasteiger partial charge in [-0.05, 0) is 61.0 Å². The summed E-state index contributed by atoms with van der Waals surface area (Å²) in [5.74, 6) is 0.835. The van der Waals surface area contributed by atoms with Crippen LogP contribution in [0.25, 0.3) is 11.5 Å². The first-order chi connectivity index (χ1) is 11.0. The van der Waals surface area contributed by atoms with Crippen molar-refractivity contribution in [3.63, 3.8) is 0 Å². The van der Waals surface area contributed by atoms with E-state index in [0.717, 1.165) is 33.3 Å². The number of oxazole rings is 1. The summed E-state index contributed by atoms with van der Waals surface area (Å²) < 4.78 is 5.59. The molecule has 0 spiro atoms. The third-order valence-electron chi connectivity index (χ3n) is 3.40. The Morgan fingerprint density at radius 2 is 1.78 bits per heavy atom. The zero-order valence-corrected chi connectivity index (χ0v) is 13.6. The number of carbonyl (C=O) groups is 1. The van der Waals surface area contributed by atoms with Gasteiger partial charge in [0.05, 0.1) is 6.20 Å². The van der Waals surface area contributed by atoms with Crippen LogP contribution in [0.5, 0.6) is 5.75 Å². The molecule has 0 saturated heterocycles. The van der Waals surface area contributed by atoms with Gasteiger partial charge in [0.1, 0.15) is 5.75 Å². The summed E-state index contributed by atoms with van der Waals surface area (Å²) in [6, 6.07) is 13.0. The van der Waals surface area contributed by atoms with Crippen molar-refractivity contribution in [1.29, 1.82) is 0 Å². The van der Waals surface area contributed by atoms with Crippen molar-refractivity contribution >= 4 is 16.9 Å². The number of phenolic OH excluding ortho intramolecular Hbond substituents is 1. The molecule has 5 heteroatoms. The molecule has 0 saturated carbocycles. The summed E-state index contributed by atoms with van der Waals surface area (Å²) >= 11 is 1.10. The van der Waals surface area contributed by atoms with Crippen molar-refractivity contribution in [3.05, 3.63) is 65.5 Å². The maximum Gasteiger partial charge on any atom is 0.261 e. The molecule has 116 valence electrons. The van der Waals surface area contributed by atoms with Gasteiger partial charge in [0.2, 0.25) is 11.7 Å². The molecule has 0 aliphatic rings. The number of thioether (sulfide) groups is 1. The summed E-state index contributed by atoms with van der Waals surface area (Å²) in [6.45, 7) is 3.62. The summed E-state index contributed by atoms with van der Waals surface area (Å²) in [4.78, 5) is 17.3. The van der Waals surface area contributed by atoms with Gasteiger partial charge in [0.25, 0.3) is 5.12 Å². The fourth-order valence-electron chi connectivity index (χ4n) is 2.23. The highest BCUT2D eigenvalue weighted by Gasteiger charge is 2.16. The normalized spacial score (nSPS) is 10.7. The molecule has 1 N–H and O–H groups in total. The van der Waals surface area contributed by atoms with Gasteiger partial charge in [-0.15, -0.1) is 0 Å². The lowest BCUT2D eigenvalue weighted by molar-refractivity contribution is 0.106. The highest BCUT2D eigenvalue weighted by molar-refractivity contribution is 8.14. The monoisotopic (exact) mass is 325 g/mol. The van der Waals surface area contributed by atoms with Gasteiger partial charge >= 0.3 is 0 Å². The minimum absolute atomic E-state index is 0.192. The Labute approximate surface area is 138 Å². The fraction of sp³-hybridized carbons (Fsp3) is 0.111. The molecule has 0 bridgehead atoms. The molecule has 3 rings (SSSR count). The summed E-state index contributed by atoms with van der Waals surface area (Å²) in [7, 11) is 0. The Hall–Kier alpha value is -2.53. The van der Waals surface area contributed by atoms with Crippen LogP contribution in [0.3, 0.4) is 0 Å². The molecule has 0 fully saturated rings. The van der Waals surface area contributed by atoms with E-state index in [1.54, 1.807) is 12.1 Å². The Morgan fingerprint density at radius 1 is 1.13 bits per heavy atom. The average Bonchev–Trinajstić information content (AvgIpc) is 3.03. The van der Waals surface area contributed by atoms with Crippen LogP contribution in [-0.2, 0) is 0 Å². The van der Waals surface area contributed by atoms with Crippen molar-refractivity contribution in [2.24, 2.45) is 0 Å². The van der Waals surface area contributed by atoms with Crippen LogP contribution in [0.15, 0.2) is 58.0 Å². The number of aromatic hydroxyl groups is 1. The molecular formula is C18H15NO3S. The van der Waals surface area contributed by atoms with Crippen LogP contribution in [-0.4, -0.2) is 15.2 Å². The predicted octanol–water partition coefficient (Wildman–Crippen LogP) is 4.60. The maximum absolute atomic E-state index is 12.2. The Balaban J connectivity index is 1.84. The van der Waals surface area contributed by atoms with Gasteiger partial charge in [-0.25, -0.2) is 4.98 Å². The molecule has 0 amide bonds.